The fraction of sp³-hybridized carbons (Fsp3) is 0.333. The molecule has 0 N–H and O–H groups in total. The normalized spacial score (nSPS) is 20.0. The quantitative estimate of drug-likeness (QED) is 0.574. The number of hydrogen-bond donors (Lipinski definition) is 0. The van der Waals surface area contributed by atoms with E-state index in [4.69, 9.17) is 0 Å². The molecule has 0 saturated heterocycles. The Kier molecular flexibility index (Phi) is 2.24. The molecule has 1 fully saturated rings. The molecular formula is C12H11N3O2. The summed E-state index contributed by atoms with van der Waals surface area (Å²) < 4.78 is 1.60. The van der Waals surface area contributed by atoms with Crippen LogP contribution in [0.4, 0.5) is 0 Å². The van der Waals surface area contributed by atoms with E-state index in [1.807, 2.05) is 0 Å². The number of rotatable bonds is 2. The Morgan fingerprint density at radius 1 is 1.41 bits per heavy atom. The van der Waals surface area contributed by atoms with Gasteiger partial charge < -0.3 is 0 Å². The monoisotopic (exact) mass is 229 g/mol. The number of ketones is 2. The highest BCUT2D eigenvalue weighted by molar-refractivity contribution is 6.14. The van der Waals surface area contributed by atoms with E-state index >= 15 is 0 Å². The van der Waals surface area contributed by atoms with Crippen molar-refractivity contribution in [3.63, 3.8) is 0 Å². The Morgan fingerprint density at radius 2 is 2.29 bits per heavy atom. The van der Waals surface area contributed by atoms with Crippen molar-refractivity contribution in [1.29, 1.82) is 0 Å². The zero-order valence-electron chi connectivity index (χ0n) is 9.17. The van der Waals surface area contributed by atoms with Gasteiger partial charge in [-0.25, -0.2) is 4.52 Å². The topological polar surface area (TPSA) is 64.3 Å². The van der Waals surface area contributed by atoms with Crippen molar-refractivity contribution in [3.8, 4) is 0 Å². The third-order valence-electron chi connectivity index (χ3n) is 3.21. The van der Waals surface area contributed by atoms with E-state index in [-0.39, 0.29) is 11.6 Å². The molecular weight excluding hydrogens is 218 g/mol. The molecule has 1 aliphatic rings. The molecule has 2 heterocycles. The van der Waals surface area contributed by atoms with Gasteiger partial charge in [-0.1, -0.05) is 0 Å². The lowest BCUT2D eigenvalue weighted by Crippen LogP contribution is -2.18. The van der Waals surface area contributed by atoms with Gasteiger partial charge in [0, 0.05) is 18.8 Å². The molecule has 1 aliphatic carbocycles. The minimum atomic E-state index is -0.469. The van der Waals surface area contributed by atoms with Gasteiger partial charge in [-0.2, -0.15) is 5.10 Å². The number of carbonyl (C=O) groups is 2. The maximum absolute atomic E-state index is 12.2. The molecule has 0 bridgehead atoms. The van der Waals surface area contributed by atoms with Crippen LogP contribution in [-0.2, 0) is 4.79 Å². The summed E-state index contributed by atoms with van der Waals surface area (Å²) in [5.74, 6) is -0.531. The second-order valence-corrected chi connectivity index (χ2v) is 4.24. The summed E-state index contributed by atoms with van der Waals surface area (Å²) in [6.45, 7) is 0. The minimum Gasteiger partial charge on any atom is -0.299 e. The predicted octanol–water partition coefficient (Wildman–Crippen LogP) is 1.28. The van der Waals surface area contributed by atoms with Gasteiger partial charge in [-0.3, -0.25) is 14.6 Å². The molecule has 2 aromatic rings. The minimum absolute atomic E-state index is 0.0539. The Balaban J connectivity index is 2.04. The molecule has 0 aromatic carbocycles. The molecule has 86 valence electrons. The SMILES string of the molecule is O=C1CCCC1C(=O)c1cnn2ccncc12. The third kappa shape index (κ3) is 1.54. The number of fused-ring (bicyclic) bond motifs is 1. The first kappa shape index (κ1) is 10.1. The lowest BCUT2D eigenvalue weighted by atomic mass is 9.97. The van der Waals surface area contributed by atoms with Crippen molar-refractivity contribution in [2.75, 3.05) is 0 Å². The third-order valence-corrected chi connectivity index (χ3v) is 3.21. The fourth-order valence-electron chi connectivity index (χ4n) is 2.30. The smallest absolute Gasteiger partial charge is 0.177 e. The number of carbonyl (C=O) groups excluding carboxylic acids is 2. The van der Waals surface area contributed by atoms with E-state index in [1.54, 1.807) is 23.1 Å². The Morgan fingerprint density at radius 3 is 3.06 bits per heavy atom. The van der Waals surface area contributed by atoms with Crippen LogP contribution in [-0.4, -0.2) is 26.2 Å². The Labute approximate surface area is 97.5 Å². The molecule has 0 spiro atoms. The van der Waals surface area contributed by atoms with Gasteiger partial charge >= 0.3 is 0 Å². The Hall–Kier alpha value is -2.04. The molecule has 0 radical (unpaired) electrons. The number of nitrogens with zero attached hydrogens (tertiary/aromatic N) is 3. The summed E-state index contributed by atoms with van der Waals surface area (Å²) in [5, 5.41) is 4.08. The van der Waals surface area contributed by atoms with E-state index in [9.17, 15) is 9.59 Å². The summed E-state index contributed by atoms with van der Waals surface area (Å²) in [7, 11) is 0. The molecule has 0 amide bonds. The summed E-state index contributed by atoms with van der Waals surface area (Å²) >= 11 is 0. The summed E-state index contributed by atoms with van der Waals surface area (Å²) in [5.41, 5.74) is 1.16. The van der Waals surface area contributed by atoms with Crippen LogP contribution in [0.5, 0.6) is 0 Å². The lowest BCUT2D eigenvalue weighted by Gasteiger charge is -2.04. The average Bonchev–Trinajstić information content (AvgIpc) is 2.94. The van der Waals surface area contributed by atoms with Gasteiger partial charge in [0.05, 0.1) is 29.4 Å². The first-order chi connectivity index (χ1) is 8.27. The van der Waals surface area contributed by atoms with Gasteiger partial charge in [-0.15, -0.1) is 0 Å². The lowest BCUT2D eigenvalue weighted by molar-refractivity contribution is -0.119. The van der Waals surface area contributed by atoms with Crippen LogP contribution in [0.3, 0.4) is 0 Å². The summed E-state index contributed by atoms with van der Waals surface area (Å²) in [6.07, 6.45) is 8.40. The summed E-state index contributed by atoms with van der Waals surface area (Å²) in [6, 6.07) is 0. The molecule has 1 unspecified atom stereocenters. The Bertz CT molecular complexity index is 603. The molecule has 3 rings (SSSR count). The number of hydrogen-bond acceptors (Lipinski definition) is 4. The zero-order chi connectivity index (χ0) is 11.8. The highest BCUT2D eigenvalue weighted by atomic mass is 16.2. The van der Waals surface area contributed by atoms with E-state index in [1.165, 1.54) is 6.20 Å². The van der Waals surface area contributed by atoms with Crippen molar-refractivity contribution in [2.24, 2.45) is 5.92 Å². The van der Waals surface area contributed by atoms with E-state index < -0.39 is 5.92 Å². The van der Waals surface area contributed by atoms with Gasteiger partial charge in [0.1, 0.15) is 5.78 Å². The molecule has 0 aliphatic heterocycles. The van der Waals surface area contributed by atoms with Crippen LogP contribution in [0.2, 0.25) is 0 Å². The zero-order valence-corrected chi connectivity index (χ0v) is 9.17. The van der Waals surface area contributed by atoms with Crippen LogP contribution < -0.4 is 0 Å². The van der Waals surface area contributed by atoms with Gasteiger partial charge in [0.15, 0.2) is 5.78 Å². The van der Waals surface area contributed by atoms with Gasteiger partial charge in [0.25, 0.3) is 0 Å². The van der Waals surface area contributed by atoms with Crippen LogP contribution in [0.25, 0.3) is 5.52 Å². The predicted molar refractivity (Wildman–Crippen MR) is 59.7 cm³/mol. The first-order valence-corrected chi connectivity index (χ1v) is 5.61. The van der Waals surface area contributed by atoms with Crippen molar-refractivity contribution >= 4 is 17.1 Å². The van der Waals surface area contributed by atoms with Crippen LogP contribution in [0.1, 0.15) is 29.6 Å². The number of Topliss-reactive ketones (excluding diaryl/α,β-unsaturated/α-hetero) is 2. The van der Waals surface area contributed by atoms with E-state index in [0.717, 1.165) is 6.42 Å². The highest BCUT2D eigenvalue weighted by Gasteiger charge is 2.32. The second kappa shape index (κ2) is 3.76. The van der Waals surface area contributed by atoms with Crippen molar-refractivity contribution < 1.29 is 9.59 Å². The molecule has 5 heteroatoms. The largest absolute Gasteiger partial charge is 0.299 e. The van der Waals surface area contributed by atoms with Crippen LogP contribution >= 0.6 is 0 Å². The fourth-order valence-corrected chi connectivity index (χ4v) is 2.30. The van der Waals surface area contributed by atoms with Crippen LogP contribution in [0.15, 0.2) is 24.8 Å². The second-order valence-electron chi connectivity index (χ2n) is 4.24. The molecule has 5 nitrogen and oxygen atoms in total. The molecule has 17 heavy (non-hydrogen) atoms. The van der Waals surface area contributed by atoms with Crippen molar-refractivity contribution in [2.45, 2.75) is 19.3 Å². The summed E-state index contributed by atoms with van der Waals surface area (Å²) in [4.78, 5) is 27.8. The van der Waals surface area contributed by atoms with Crippen molar-refractivity contribution in [1.82, 2.24) is 14.6 Å². The van der Waals surface area contributed by atoms with E-state index in [2.05, 4.69) is 10.1 Å². The van der Waals surface area contributed by atoms with Crippen LogP contribution in [0, 0.1) is 5.92 Å². The van der Waals surface area contributed by atoms with Gasteiger partial charge in [-0.05, 0) is 12.8 Å². The highest BCUT2D eigenvalue weighted by Crippen LogP contribution is 2.26. The molecule has 1 saturated carbocycles. The number of aromatic nitrogens is 3. The standard InChI is InChI=1S/C12H11N3O2/c16-11-3-1-2-8(11)12(17)9-6-14-15-5-4-13-7-10(9)15/h4-8H,1-3H2. The first-order valence-electron chi connectivity index (χ1n) is 5.61. The average molecular weight is 229 g/mol. The van der Waals surface area contributed by atoms with E-state index in [0.29, 0.717) is 23.9 Å². The maximum Gasteiger partial charge on any atom is 0.177 e. The molecule has 2 aromatic heterocycles. The van der Waals surface area contributed by atoms with Crippen molar-refractivity contribution in [3.05, 3.63) is 30.4 Å². The van der Waals surface area contributed by atoms with Gasteiger partial charge in [0.2, 0.25) is 0 Å². The molecule has 1 atom stereocenters. The maximum atomic E-state index is 12.2.